The molecule has 17 heavy (non-hydrogen) atoms. The van der Waals surface area contributed by atoms with Crippen molar-refractivity contribution >= 4 is 17.4 Å². The Morgan fingerprint density at radius 2 is 2.29 bits per heavy atom. The SMILES string of the molecule is Nc1cccnc1NC(=O)C1CC2CCC1C2. The van der Waals surface area contributed by atoms with Crippen molar-refractivity contribution in [2.75, 3.05) is 11.1 Å². The smallest absolute Gasteiger partial charge is 0.228 e. The van der Waals surface area contributed by atoms with E-state index in [1.807, 2.05) is 0 Å². The van der Waals surface area contributed by atoms with E-state index >= 15 is 0 Å². The summed E-state index contributed by atoms with van der Waals surface area (Å²) in [5.41, 5.74) is 6.30. The maximum atomic E-state index is 12.2. The number of pyridine rings is 1. The molecule has 0 saturated heterocycles. The van der Waals surface area contributed by atoms with Crippen molar-refractivity contribution in [1.29, 1.82) is 0 Å². The van der Waals surface area contributed by atoms with Gasteiger partial charge in [0.05, 0.1) is 5.69 Å². The fourth-order valence-corrected chi connectivity index (χ4v) is 3.30. The van der Waals surface area contributed by atoms with Crippen molar-refractivity contribution in [1.82, 2.24) is 4.98 Å². The lowest BCUT2D eigenvalue weighted by atomic mass is 9.88. The van der Waals surface area contributed by atoms with E-state index in [0.717, 1.165) is 12.3 Å². The van der Waals surface area contributed by atoms with Crippen LogP contribution in [0, 0.1) is 17.8 Å². The van der Waals surface area contributed by atoms with Gasteiger partial charge in [-0.15, -0.1) is 0 Å². The molecule has 0 aromatic carbocycles. The number of carbonyl (C=O) groups excluding carboxylic acids is 1. The van der Waals surface area contributed by atoms with Crippen LogP contribution in [0.5, 0.6) is 0 Å². The largest absolute Gasteiger partial charge is 0.396 e. The fourth-order valence-electron chi connectivity index (χ4n) is 3.30. The lowest BCUT2D eigenvalue weighted by Crippen LogP contribution is -2.27. The molecular formula is C13H17N3O. The summed E-state index contributed by atoms with van der Waals surface area (Å²) in [6.07, 6.45) is 6.44. The zero-order valence-electron chi connectivity index (χ0n) is 9.73. The molecule has 2 fully saturated rings. The normalized spacial score (nSPS) is 30.5. The molecule has 90 valence electrons. The molecule has 2 aliphatic carbocycles. The minimum Gasteiger partial charge on any atom is -0.396 e. The summed E-state index contributed by atoms with van der Waals surface area (Å²) in [7, 11) is 0. The first-order valence-corrected chi connectivity index (χ1v) is 6.25. The van der Waals surface area contributed by atoms with E-state index in [0.29, 0.717) is 17.4 Å². The van der Waals surface area contributed by atoms with Crippen LogP contribution >= 0.6 is 0 Å². The number of hydrogen-bond acceptors (Lipinski definition) is 3. The number of nitrogens with zero attached hydrogens (tertiary/aromatic N) is 1. The third-order valence-corrected chi connectivity index (χ3v) is 4.16. The van der Waals surface area contributed by atoms with Crippen molar-refractivity contribution in [3.8, 4) is 0 Å². The van der Waals surface area contributed by atoms with Gasteiger partial charge in [0.15, 0.2) is 5.82 Å². The number of fused-ring (bicyclic) bond motifs is 2. The number of nitrogens with two attached hydrogens (primary N) is 1. The number of rotatable bonds is 2. The van der Waals surface area contributed by atoms with Crippen LogP contribution in [0.2, 0.25) is 0 Å². The summed E-state index contributed by atoms with van der Waals surface area (Å²) in [4.78, 5) is 16.2. The van der Waals surface area contributed by atoms with Gasteiger partial charge in [-0.3, -0.25) is 4.79 Å². The molecular weight excluding hydrogens is 214 g/mol. The Hall–Kier alpha value is -1.58. The number of amides is 1. The molecule has 1 aromatic heterocycles. The van der Waals surface area contributed by atoms with Gasteiger partial charge in [-0.05, 0) is 43.2 Å². The van der Waals surface area contributed by atoms with Gasteiger partial charge in [-0.25, -0.2) is 4.98 Å². The molecule has 2 saturated carbocycles. The van der Waals surface area contributed by atoms with Crippen LogP contribution < -0.4 is 11.1 Å². The molecule has 3 atom stereocenters. The van der Waals surface area contributed by atoms with E-state index in [1.165, 1.54) is 19.3 Å². The third-order valence-electron chi connectivity index (χ3n) is 4.16. The Morgan fingerprint density at radius 1 is 1.41 bits per heavy atom. The Labute approximate surface area is 101 Å². The average Bonchev–Trinajstić information content (AvgIpc) is 2.94. The van der Waals surface area contributed by atoms with E-state index in [4.69, 9.17) is 5.73 Å². The lowest BCUT2D eigenvalue weighted by molar-refractivity contribution is -0.121. The van der Waals surface area contributed by atoms with Crippen LogP contribution in [0.4, 0.5) is 11.5 Å². The van der Waals surface area contributed by atoms with Gasteiger partial charge >= 0.3 is 0 Å². The summed E-state index contributed by atoms with van der Waals surface area (Å²) in [5.74, 6) is 2.14. The monoisotopic (exact) mass is 231 g/mol. The number of hydrogen-bond donors (Lipinski definition) is 2. The number of carbonyl (C=O) groups is 1. The van der Waals surface area contributed by atoms with Crippen molar-refractivity contribution in [2.24, 2.45) is 17.8 Å². The molecule has 0 spiro atoms. The topological polar surface area (TPSA) is 68.0 Å². The molecule has 3 N–H and O–H groups in total. The van der Waals surface area contributed by atoms with E-state index in [1.54, 1.807) is 18.3 Å². The summed E-state index contributed by atoms with van der Waals surface area (Å²) in [6, 6.07) is 3.52. The zero-order chi connectivity index (χ0) is 11.8. The molecule has 1 aromatic rings. The van der Waals surface area contributed by atoms with Gasteiger partial charge in [0.1, 0.15) is 0 Å². The Morgan fingerprint density at radius 3 is 2.94 bits per heavy atom. The summed E-state index contributed by atoms with van der Waals surface area (Å²) < 4.78 is 0. The van der Waals surface area contributed by atoms with Crippen LogP contribution in [0.1, 0.15) is 25.7 Å². The van der Waals surface area contributed by atoms with Crippen molar-refractivity contribution in [3.63, 3.8) is 0 Å². The second-order valence-electron chi connectivity index (χ2n) is 5.21. The molecule has 0 aliphatic heterocycles. The van der Waals surface area contributed by atoms with Gasteiger partial charge in [-0.2, -0.15) is 0 Å². The van der Waals surface area contributed by atoms with E-state index in [2.05, 4.69) is 10.3 Å². The first-order chi connectivity index (χ1) is 8.24. The number of nitrogen functional groups attached to an aromatic ring is 1. The highest BCUT2D eigenvalue weighted by Gasteiger charge is 2.43. The van der Waals surface area contributed by atoms with Crippen LogP contribution in [0.15, 0.2) is 18.3 Å². The number of anilines is 2. The number of aromatic nitrogens is 1. The predicted octanol–water partition coefficient (Wildman–Crippen LogP) is 2.04. The second kappa shape index (κ2) is 4.02. The minimum absolute atomic E-state index is 0.0996. The molecule has 0 radical (unpaired) electrons. The van der Waals surface area contributed by atoms with Crippen molar-refractivity contribution in [2.45, 2.75) is 25.7 Å². The van der Waals surface area contributed by atoms with Gasteiger partial charge in [-0.1, -0.05) is 6.42 Å². The predicted molar refractivity (Wildman–Crippen MR) is 66.2 cm³/mol. The zero-order valence-corrected chi connectivity index (χ0v) is 9.73. The fraction of sp³-hybridized carbons (Fsp3) is 0.538. The Balaban J connectivity index is 1.70. The summed E-state index contributed by atoms with van der Waals surface area (Å²) >= 11 is 0. The van der Waals surface area contributed by atoms with Crippen LogP contribution in [0.25, 0.3) is 0 Å². The first-order valence-electron chi connectivity index (χ1n) is 6.25. The highest BCUT2D eigenvalue weighted by atomic mass is 16.2. The minimum atomic E-state index is 0.0996. The Kier molecular flexibility index (Phi) is 2.50. The Bertz CT molecular complexity index is 446. The molecule has 2 aliphatic rings. The van der Waals surface area contributed by atoms with Gasteiger partial charge in [0.2, 0.25) is 5.91 Å². The second-order valence-corrected chi connectivity index (χ2v) is 5.21. The molecule has 1 amide bonds. The maximum absolute atomic E-state index is 12.2. The first kappa shape index (κ1) is 10.6. The van der Waals surface area contributed by atoms with E-state index < -0.39 is 0 Å². The standard InChI is InChI=1S/C13H17N3O/c14-11-2-1-5-15-12(11)16-13(17)10-7-8-3-4-9(10)6-8/h1-2,5,8-10H,3-4,6-7,14H2,(H,15,16,17). The quantitative estimate of drug-likeness (QED) is 0.818. The lowest BCUT2D eigenvalue weighted by Gasteiger charge is -2.20. The summed E-state index contributed by atoms with van der Waals surface area (Å²) in [5, 5.41) is 2.86. The third kappa shape index (κ3) is 1.88. The van der Waals surface area contributed by atoms with Gasteiger partial charge in [0, 0.05) is 12.1 Å². The highest BCUT2D eigenvalue weighted by Crippen LogP contribution is 2.48. The molecule has 1 heterocycles. The summed E-state index contributed by atoms with van der Waals surface area (Å²) in [6.45, 7) is 0. The van der Waals surface area contributed by atoms with E-state index in [9.17, 15) is 4.79 Å². The molecule has 4 nitrogen and oxygen atoms in total. The van der Waals surface area contributed by atoms with Crippen LogP contribution in [-0.2, 0) is 4.79 Å². The molecule has 3 rings (SSSR count). The van der Waals surface area contributed by atoms with Crippen molar-refractivity contribution < 1.29 is 4.79 Å². The molecule has 3 unspecified atom stereocenters. The van der Waals surface area contributed by atoms with Gasteiger partial charge < -0.3 is 11.1 Å². The highest BCUT2D eigenvalue weighted by molar-refractivity contribution is 5.94. The maximum Gasteiger partial charge on any atom is 0.228 e. The molecule has 4 heteroatoms. The molecule has 2 bridgehead atoms. The van der Waals surface area contributed by atoms with Gasteiger partial charge in [0.25, 0.3) is 0 Å². The van der Waals surface area contributed by atoms with E-state index in [-0.39, 0.29) is 11.8 Å². The van der Waals surface area contributed by atoms with Crippen LogP contribution in [-0.4, -0.2) is 10.9 Å². The van der Waals surface area contributed by atoms with Crippen molar-refractivity contribution in [3.05, 3.63) is 18.3 Å². The average molecular weight is 231 g/mol. The number of nitrogens with one attached hydrogen (secondary N) is 1. The van der Waals surface area contributed by atoms with Crippen LogP contribution in [0.3, 0.4) is 0 Å².